The molecule has 11 nitrogen and oxygen atoms in total. The fourth-order valence-electron chi connectivity index (χ4n) is 3.67. The van der Waals surface area contributed by atoms with E-state index in [4.69, 9.17) is 21.0 Å². The van der Waals surface area contributed by atoms with E-state index in [1.165, 1.54) is 34.7 Å². The van der Waals surface area contributed by atoms with Crippen LogP contribution < -0.4 is 15.8 Å². The van der Waals surface area contributed by atoms with E-state index < -0.39 is 50.0 Å². The van der Waals surface area contributed by atoms with Gasteiger partial charge in [-0.05, 0) is 55.0 Å². The van der Waals surface area contributed by atoms with Crippen LogP contribution in [-0.2, 0) is 29.4 Å². The Morgan fingerprint density at radius 2 is 1.62 bits per heavy atom. The molecule has 21 heteroatoms. The SMILES string of the molecule is CSc1sc(C(=N)N)cc1S(=O)(=O)c1cccc(-c2c(C)cccc2NC(=O)CCCNS(=O)(=O)C(F)(F)F)c1.O=C(O)C(F)(F)F. The number of aryl methyl sites for hydroxylation is 1. The third-order valence-electron chi connectivity index (χ3n) is 5.81. The summed E-state index contributed by atoms with van der Waals surface area (Å²) in [5.74, 6) is -3.57. The zero-order valence-electron chi connectivity index (χ0n) is 24.1. The lowest BCUT2D eigenvalue weighted by Crippen LogP contribution is -2.37. The smallest absolute Gasteiger partial charge is 0.475 e. The van der Waals surface area contributed by atoms with Crippen LogP contribution in [0.2, 0.25) is 0 Å². The van der Waals surface area contributed by atoms with E-state index in [1.807, 2.05) is 0 Å². The van der Waals surface area contributed by atoms with Gasteiger partial charge in [0, 0.05) is 24.2 Å². The third kappa shape index (κ3) is 10.4. The number of carboxylic acids is 1. The van der Waals surface area contributed by atoms with Gasteiger partial charge in [-0.2, -0.15) is 26.3 Å². The Morgan fingerprint density at radius 3 is 2.15 bits per heavy atom. The molecule has 3 rings (SSSR count). The minimum atomic E-state index is -5.49. The maximum Gasteiger partial charge on any atom is 0.511 e. The number of hydrogen-bond acceptors (Lipinski definition) is 9. The standard InChI is InChI=1S/C24H25F3N4O5S4.C2HF3O2/c1-14-6-3-9-17(31-20(32)10-5-11-30-40(35,36)24(25,26)27)21(14)15-7-4-8-16(12-15)39(33,34)19-13-18(22(28)29)38-23(19)37-2;3-2(4,5)1(6)7/h3-4,6-9,12-13,30H,5,10-11H2,1-2H3,(H3,28,29)(H,31,32);(H,6,7). The Kier molecular flexibility index (Phi) is 13.0. The number of carboxylic acid groups (broad SMARTS) is 1. The van der Waals surface area contributed by atoms with E-state index in [0.29, 0.717) is 31.5 Å². The first-order valence-corrected chi connectivity index (χ1v) is 17.7. The van der Waals surface area contributed by atoms with E-state index in [-0.39, 0.29) is 28.5 Å². The number of hydrogen-bond donors (Lipinski definition) is 5. The Balaban J connectivity index is 0.000000984. The number of nitrogens with two attached hydrogens (primary N) is 1. The van der Waals surface area contributed by atoms with Crippen LogP contribution in [0.4, 0.5) is 32.0 Å². The van der Waals surface area contributed by atoms with Crippen molar-refractivity contribution in [1.29, 1.82) is 5.41 Å². The molecule has 0 aliphatic heterocycles. The summed E-state index contributed by atoms with van der Waals surface area (Å²) in [6.07, 6.45) is -3.81. The molecule has 0 aliphatic rings. The van der Waals surface area contributed by atoms with Crippen LogP contribution in [0.3, 0.4) is 0 Å². The predicted molar refractivity (Wildman–Crippen MR) is 164 cm³/mol. The number of alkyl halides is 6. The lowest BCUT2D eigenvalue weighted by Gasteiger charge is -2.15. The fourth-order valence-corrected chi connectivity index (χ4v) is 8.15. The molecular weight excluding hydrogens is 723 g/mol. The van der Waals surface area contributed by atoms with Crippen molar-refractivity contribution in [2.75, 3.05) is 18.1 Å². The number of carbonyl (C=O) groups excluding carboxylic acids is 1. The summed E-state index contributed by atoms with van der Waals surface area (Å²) in [4.78, 5) is 21.8. The van der Waals surface area contributed by atoms with Crippen LogP contribution in [0, 0.1) is 12.3 Å². The number of thiophene rings is 1. The topological polar surface area (TPSA) is 197 Å². The summed E-state index contributed by atoms with van der Waals surface area (Å²) in [5.41, 5.74) is 2.19. The number of sulfone groups is 1. The van der Waals surface area contributed by atoms with Crippen molar-refractivity contribution in [1.82, 2.24) is 4.72 Å². The number of nitrogen functional groups attached to an aromatic ring is 1. The molecule has 6 N–H and O–H groups in total. The fraction of sp³-hybridized carbons (Fsp3) is 0.269. The van der Waals surface area contributed by atoms with Crippen LogP contribution >= 0.6 is 23.1 Å². The van der Waals surface area contributed by atoms with Crippen molar-refractivity contribution in [3.63, 3.8) is 0 Å². The van der Waals surface area contributed by atoms with Crippen molar-refractivity contribution in [3.05, 3.63) is 59.0 Å². The quantitative estimate of drug-likeness (QED) is 0.0564. The number of sulfonamides is 1. The summed E-state index contributed by atoms with van der Waals surface area (Å²) < 4.78 is 120. The number of rotatable bonds is 11. The van der Waals surface area contributed by atoms with Gasteiger partial charge in [-0.25, -0.2) is 26.4 Å². The molecule has 0 atom stereocenters. The number of nitrogens with one attached hydrogen (secondary N) is 3. The highest BCUT2D eigenvalue weighted by Gasteiger charge is 2.45. The number of anilines is 1. The molecule has 1 heterocycles. The van der Waals surface area contributed by atoms with E-state index in [9.17, 15) is 48.0 Å². The number of amidine groups is 1. The second-order valence-corrected chi connectivity index (χ2v) is 15.0. The van der Waals surface area contributed by atoms with Crippen LogP contribution in [0.15, 0.2) is 62.5 Å². The van der Waals surface area contributed by atoms with Gasteiger partial charge >= 0.3 is 27.7 Å². The Labute approximate surface area is 273 Å². The number of thioether (sulfide) groups is 1. The normalized spacial score (nSPS) is 12.2. The Hall–Kier alpha value is -3.66. The second kappa shape index (κ2) is 15.5. The first-order valence-electron chi connectivity index (χ1n) is 12.7. The first-order chi connectivity index (χ1) is 21.5. The summed E-state index contributed by atoms with van der Waals surface area (Å²) in [6.45, 7) is 1.18. The minimum absolute atomic E-state index is 0.00863. The van der Waals surface area contributed by atoms with E-state index in [0.717, 1.165) is 11.3 Å². The minimum Gasteiger partial charge on any atom is -0.475 e. The monoisotopic (exact) mass is 748 g/mol. The third-order valence-corrected chi connectivity index (χ3v) is 11.3. The molecule has 258 valence electrons. The van der Waals surface area contributed by atoms with E-state index >= 15 is 0 Å². The van der Waals surface area contributed by atoms with Crippen molar-refractivity contribution in [3.8, 4) is 11.1 Å². The summed E-state index contributed by atoms with van der Waals surface area (Å²) in [6, 6.07) is 12.5. The number of carbonyl (C=O) groups is 2. The van der Waals surface area contributed by atoms with Gasteiger partial charge in [-0.15, -0.1) is 23.1 Å². The molecule has 0 fully saturated rings. The molecule has 1 aromatic heterocycles. The molecule has 0 bridgehead atoms. The summed E-state index contributed by atoms with van der Waals surface area (Å²) >= 11 is 2.33. The van der Waals surface area contributed by atoms with Gasteiger partial charge in [0.25, 0.3) is 0 Å². The molecule has 2 aromatic carbocycles. The van der Waals surface area contributed by atoms with Gasteiger partial charge in [0.1, 0.15) is 5.84 Å². The van der Waals surface area contributed by atoms with Crippen molar-refractivity contribution < 1.29 is 57.9 Å². The maximum absolute atomic E-state index is 13.6. The van der Waals surface area contributed by atoms with Crippen molar-refractivity contribution in [2.24, 2.45) is 5.73 Å². The van der Waals surface area contributed by atoms with Gasteiger partial charge < -0.3 is 16.2 Å². The zero-order valence-corrected chi connectivity index (χ0v) is 27.4. The number of aliphatic carboxylic acids is 1. The zero-order chi connectivity index (χ0) is 36.0. The second-order valence-electron chi connectivity index (χ2n) is 9.21. The lowest BCUT2D eigenvalue weighted by atomic mass is 9.98. The van der Waals surface area contributed by atoms with Crippen molar-refractivity contribution in [2.45, 2.75) is 45.5 Å². The van der Waals surface area contributed by atoms with E-state index in [1.54, 1.807) is 43.5 Å². The highest BCUT2D eigenvalue weighted by Crippen LogP contribution is 2.39. The highest BCUT2D eigenvalue weighted by atomic mass is 32.2. The van der Waals surface area contributed by atoms with Gasteiger partial charge in [0.2, 0.25) is 15.7 Å². The molecule has 3 aromatic rings. The molecule has 47 heavy (non-hydrogen) atoms. The first kappa shape index (κ1) is 39.5. The average molecular weight is 749 g/mol. The average Bonchev–Trinajstić information content (AvgIpc) is 3.41. The maximum atomic E-state index is 13.6. The van der Waals surface area contributed by atoms with Crippen molar-refractivity contribution >= 4 is 66.4 Å². The van der Waals surface area contributed by atoms with Crippen LogP contribution in [0.25, 0.3) is 11.1 Å². The van der Waals surface area contributed by atoms with Gasteiger partial charge in [0.05, 0.1) is 18.9 Å². The number of halogens is 6. The van der Waals surface area contributed by atoms with Gasteiger partial charge in [-0.3, -0.25) is 10.2 Å². The Bertz CT molecular complexity index is 1860. The predicted octanol–water partition coefficient (Wildman–Crippen LogP) is 5.35. The largest absolute Gasteiger partial charge is 0.511 e. The van der Waals surface area contributed by atoms with Gasteiger partial charge in [-0.1, -0.05) is 24.3 Å². The van der Waals surface area contributed by atoms with E-state index in [2.05, 4.69) is 5.32 Å². The molecule has 0 saturated carbocycles. The Morgan fingerprint density at radius 1 is 1.02 bits per heavy atom. The van der Waals surface area contributed by atoms with Gasteiger partial charge in [0.15, 0.2) is 0 Å². The highest BCUT2D eigenvalue weighted by molar-refractivity contribution is 8.01. The summed E-state index contributed by atoms with van der Waals surface area (Å²) in [7, 11) is -9.49. The molecule has 0 aliphatic carbocycles. The molecule has 0 radical (unpaired) electrons. The number of benzene rings is 2. The molecule has 0 unspecified atom stereocenters. The van der Waals surface area contributed by atoms with Crippen LogP contribution in [0.1, 0.15) is 23.3 Å². The number of amides is 1. The molecule has 1 amide bonds. The molecule has 0 saturated heterocycles. The van der Waals surface area contributed by atoms with Crippen LogP contribution in [0.5, 0.6) is 0 Å². The molecular formula is C26H26F6N4O7S4. The van der Waals surface area contributed by atoms with Crippen LogP contribution in [-0.4, -0.2) is 64.1 Å². The molecule has 0 spiro atoms. The summed E-state index contributed by atoms with van der Waals surface area (Å²) in [5, 5.41) is 17.5. The lowest BCUT2D eigenvalue weighted by molar-refractivity contribution is -0.192.